The Balaban J connectivity index is 2.47. The Kier molecular flexibility index (Phi) is 3.35. The van der Waals surface area contributed by atoms with Crippen molar-refractivity contribution >= 4 is 23.5 Å². The minimum Gasteiger partial charge on any atom is -0.443 e. The fourth-order valence-corrected chi connectivity index (χ4v) is 2.04. The Morgan fingerprint density at radius 3 is 2.52 bits per heavy atom. The monoisotopic (exact) mass is 293 g/mol. The molecule has 0 aromatic rings. The van der Waals surface area contributed by atoms with E-state index in [1.54, 1.807) is 20.8 Å². The van der Waals surface area contributed by atoms with Gasteiger partial charge in [-0.05, 0) is 26.8 Å². The summed E-state index contributed by atoms with van der Waals surface area (Å²) in [5.41, 5.74) is 7.38. The number of Topliss-reactive ketones (excluding diaryl/α,β-unsaturated/α-hetero) is 1. The number of hydrogen-bond donors (Lipinski definition) is 0. The summed E-state index contributed by atoms with van der Waals surface area (Å²) in [6.45, 7) is 4.75. The van der Waals surface area contributed by atoms with Crippen LogP contribution in [0.5, 0.6) is 0 Å². The molecule has 0 saturated carbocycles. The predicted octanol–water partition coefficient (Wildman–Crippen LogP) is 1.37. The Labute approximate surface area is 119 Å². The van der Waals surface area contributed by atoms with E-state index in [1.165, 1.54) is 0 Å². The molecule has 21 heavy (non-hydrogen) atoms. The van der Waals surface area contributed by atoms with Crippen molar-refractivity contribution in [3.8, 4) is 0 Å². The summed E-state index contributed by atoms with van der Waals surface area (Å²) in [7, 11) is 0. The maximum atomic E-state index is 13.5. The van der Waals surface area contributed by atoms with Crippen molar-refractivity contribution in [1.29, 1.82) is 0 Å². The number of amides is 2. The van der Waals surface area contributed by atoms with Gasteiger partial charge in [0.05, 0.1) is 11.8 Å². The first-order valence-electron chi connectivity index (χ1n) is 6.07. The van der Waals surface area contributed by atoms with E-state index in [-0.39, 0.29) is 11.4 Å². The number of ether oxygens (including phenoxy) is 1. The molecule has 0 radical (unpaired) electrons. The number of carbonyl (C=O) groups is 3. The van der Waals surface area contributed by atoms with Gasteiger partial charge in [0, 0.05) is 0 Å². The van der Waals surface area contributed by atoms with Gasteiger partial charge in [0.15, 0.2) is 5.92 Å². The normalized spacial score (nSPS) is 21.6. The number of likely N-dealkylation sites (tertiary alicyclic amines) is 1. The molecule has 2 rings (SSSR count). The summed E-state index contributed by atoms with van der Waals surface area (Å²) in [6.07, 6.45) is 0.603. The molecule has 2 amide bonds. The first-order chi connectivity index (χ1) is 9.65. The lowest BCUT2D eigenvalue weighted by molar-refractivity contribution is -0.140. The third-order valence-corrected chi connectivity index (χ3v) is 2.79. The number of imide groups is 1. The van der Waals surface area contributed by atoms with Gasteiger partial charge < -0.3 is 10.3 Å². The second-order valence-corrected chi connectivity index (χ2v) is 5.54. The molecule has 2 aliphatic rings. The van der Waals surface area contributed by atoms with Gasteiger partial charge in [0.2, 0.25) is 5.78 Å². The lowest BCUT2D eigenvalue weighted by Crippen LogP contribution is -2.38. The zero-order valence-corrected chi connectivity index (χ0v) is 11.6. The molecule has 1 heterocycles. The molecular formula is C13H12FN3O4. The van der Waals surface area contributed by atoms with Gasteiger partial charge in [0.1, 0.15) is 11.4 Å². The minimum atomic E-state index is -1.30. The summed E-state index contributed by atoms with van der Waals surface area (Å²) in [5, 5.41) is 0. The number of rotatable bonds is 0. The number of halogens is 1. The molecule has 1 fully saturated rings. The van der Waals surface area contributed by atoms with E-state index < -0.39 is 35.1 Å². The van der Waals surface area contributed by atoms with E-state index >= 15 is 0 Å². The van der Waals surface area contributed by atoms with Gasteiger partial charge in [-0.2, -0.15) is 4.79 Å². The standard InChI is InChI=1S/C13H12FN3O4/c1-13(2,3)21-12(20)17-8-5-6(14)4-7(16-15)9(8)10(18)11(17)19/h4-5,9H,1-3H3. The number of fused-ring (bicyclic) bond motifs is 1. The Morgan fingerprint density at radius 1 is 1.38 bits per heavy atom. The fraction of sp³-hybridized carbons (Fsp3) is 0.385. The van der Waals surface area contributed by atoms with Crippen LogP contribution in [0.4, 0.5) is 9.18 Å². The van der Waals surface area contributed by atoms with Gasteiger partial charge in [0.25, 0.3) is 0 Å². The third kappa shape index (κ3) is 2.53. The van der Waals surface area contributed by atoms with Gasteiger partial charge in [-0.25, -0.2) is 14.1 Å². The number of allylic oxidation sites excluding steroid dienone is 4. The predicted molar refractivity (Wildman–Crippen MR) is 67.5 cm³/mol. The lowest BCUT2D eigenvalue weighted by Gasteiger charge is -2.24. The van der Waals surface area contributed by atoms with Crippen molar-refractivity contribution in [3.63, 3.8) is 0 Å². The van der Waals surface area contributed by atoms with E-state index in [4.69, 9.17) is 10.3 Å². The Hall–Kier alpha value is -2.60. The van der Waals surface area contributed by atoms with Crippen LogP contribution in [0.1, 0.15) is 20.8 Å². The number of carbonyl (C=O) groups excluding carboxylic acids is 3. The van der Waals surface area contributed by atoms with Crippen molar-refractivity contribution < 1.29 is 28.3 Å². The largest absolute Gasteiger partial charge is 0.443 e. The topological polar surface area (TPSA) is 100 Å². The second-order valence-electron chi connectivity index (χ2n) is 5.54. The first-order valence-corrected chi connectivity index (χ1v) is 6.07. The summed E-state index contributed by atoms with van der Waals surface area (Å²) < 4.78 is 18.5. The molecule has 0 aromatic carbocycles. The van der Waals surface area contributed by atoms with Crippen molar-refractivity contribution in [2.45, 2.75) is 26.4 Å². The van der Waals surface area contributed by atoms with Crippen molar-refractivity contribution in [3.05, 3.63) is 29.2 Å². The van der Waals surface area contributed by atoms with Crippen LogP contribution < -0.4 is 0 Å². The molecule has 8 heteroatoms. The van der Waals surface area contributed by atoms with E-state index in [2.05, 4.69) is 4.79 Å². The van der Waals surface area contributed by atoms with Gasteiger partial charge in [-0.15, -0.1) is 0 Å². The van der Waals surface area contributed by atoms with Crippen LogP contribution in [-0.4, -0.2) is 38.8 Å². The molecular weight excluding hydrogens is 281 g/mol. The number of ketones is 1. The zero-order chi connectivity index (χ0) is 15.9. The molecule has 1 saturated heterocycles. The average Bonchev–Trinajstić information content (AvgIpc) is 2.58. The lowest BCUT2D eigenvalue weighted by atomic mass is 9.93. The van der Waals surface area contributed by atoms with Gasteiger partial charge in [-0.1, -0.05) is 0 Å². The van der Waals surface area contributed by atoms with Gasteiger partial charge in [-0.3, -0.25) is 9.59 Å². The average molecular weight is 293 g/mol. The number of hydrogen-bond acceptors (Lipinski definition) is 4. The van der Waals surface area contributed by atoms with Crippen LogP contribution >= 0.6 is 0 Å². The fourth-order valence-electron chi connectivity index (χ4n) is 2.04. The van der Waals surface area contributed by atoms with Crippen molar-refractivity contribution in [1.82, 2.24) is 4.90 Å². The second kappa shape index (κ2) is 4.75. The molecule has 1 aliphatic heterocycles. The Morgan fingerprint density at radius 2 is 2.00 bits per heavy atom. The van der Waals surface area contributed by atoms with Crippen LogP contribution in [0.15, 0.2) is 23.7 Å². The molecule has 110 valence electrons. The summed E-state index contributed by atoms with van der Waals surface area (Å²) >= 11 is 0. The van der Waals surface area contributed by atoms with E-state index in [0.717, 1.165) is 12.2 Å². The first kappa shape index (κ1) is 14.8. The molecule has 7 nitrogen and oxygen atoms in total. The highest BCUT2D eigenvalue weighted by molar-refractivity contribution is 6.47. The van der Waals surface area contributed by atoms with E-state index in [0.29, 0.717) is 4.90 Å². The summed E-state index contributed by atoms with van der Waals surface area (Å²) in [4.78, 5) is 39.1. The summed E-state index contributed by atoms with van der Waals surface area (Å²) in [6, 6.07) is 0. The number of nitrogens with zero attached hydrogens (tertiary/aromatic N) is 3. The van der Waals surface area contributed by atoms with Crippen molar-refractivity contribution in [2.24, 2.45) is 5.92 Å². The van der Waals surface area contributed by atoms with Crippen LogP contribution in [0.3, 0.4) is 0 Å². The van der Waals surface area contributed by atoms with Gasteiger partial charge >= 0.3 is 17.7 Å². The third-order valence-electron chi connectivity index (χ3n) is 2.79. The van der Waals surface area contributed by atoms with Crippen LogP contribution in [0.2, 0.25) is 0 Å². The maximum Gasteiger partial charge on any atom is 0.421 e. The smallest absolute Gasteiger partial charge is 0.421 e. The van der Waals surface area contributed by atoms with Crippen LogP contribution in [0.25, 0.3) is 5.53 Å². The maximum absolute atomic E-state index is 13.5. The molecule has 0 spiro atoms. The molecule has 0 bridgehead atoms. The summed E-state index contributed by atoms with van der Waals surface area (Å²) in [5.74, 6) is -4.27. The van der Waals surface area contributed by atoms with Crippen molar-refractivity contribution in [2.75, 3.05) is 0 Å². The molecule has 1 atom stereocenters. The molecule has 0 N–H and O–H groups in total. The zero-order valence-electron chi connectivity index (χ0n) is 11.6. The molecule has 0 aromatic heterocycles. The SMILES string of the molecule is CC(C)(C)OC(=O)N1C(=O)C(=O)C2C1=CC(F)=CC2=[N+]=[N-]. The van der Waals surface area contributed by atoms with Crippen LogP contribution in [0, 0.1) is 5.92 Å². The van der Waals surface area contributed by atoms with E-state index in [9.17, 15) is 18.8 Å². The molecule has 1 unspecified atom stereocenters. The van der Waals surface area contributed by atoms with E-state index in [1.807, 2.05) is 0 Å². The highest BCUT2D eigenvalue weighted by Crippen LogP contribution is 2.33. The van der Waals surface area contributed by atoms with Crippen LogP contribution in [-0.2, 0) is 14.3 Å². The quantitative estimate of drug-likeness (QED) is 0.382. The highest BCUT2D eigenvalue weighted by Gasteiger charge is 2.54. The Bertz CT molecular complexity index is 665. The minimum absolute atomic E-state index is 0.216. The highest BCUT2D eigenvalue weighted by atomic mass is 19.1. The molecule has 1 aliphatic carbocycles.